The first kappa shape index (κ1) is 8.98. The number of benzene rings is 1. The fourth-order valence-electron chi connectivity index (χ4n) is 1.96. The molecule has 1 heterocycles. The zero-order valence-electron chi connectivity index (χ0n) is 8.70. The van der Waals surface area contributed by atoms with Gasteiger partial charge in [-0.2, -0.15) is 0 Å². The van der Waals surface area contributed by atoms with Crippen LogP contribution >= 0.6 is 0 Å². The highest BCUT2D eigenvalue weighted by Gasteiger charge is 2.17. The molecule has 2 aromatic rings. The van der Waals surface area contributed by atoms with E-state index in [0.29, 0.717) is 6.10 Å². The van der Waals surface area contributed by atoms with Gasteiger partial charge in [-0.1, -0.05) is 18.2 Å². The molecule has 0 radical (unpaired) electrons. The van der Waals surface area contributed by atoms with Gasteiger partial charge in [-0.25, -0.2) is 0 Å². The van der Waals surface area contributed by atoms with Crippen LogP contribution in [0.2, 0.25) is 0 Å². The van der Waals surface area contributed by atoms with Crippen LogP contribution in [0.25, 0.3) is 10.9 Å². The maximum atomic E-state index is 5.76. The second-order valence-corrected chi connectivity index (χ2v) is 4.25. The van der Waals surface area contributed by atoms with Crippen molar-refractivity contribution in [2.24, 2.45) is 0 Å². The van der Waals surface area contributed by atoms with Crippen LogP contribution in [0.1, 0.15) is 25.0 Å². The maximum Gasteiger partial charge on any atom is 0.0869 e. The highest BCUT2D eigenvalue weighted by atomic mass is 16.5. The van der Waals surface area contributed by atoms with Gasteiger partial charge in [0.1, 0.15) is 0 Å². The van der Waals surface area contributed by atoms with Crippen molar-refractivity contribution in [3.8, 4) is 0 Å². The first-order valence-electron chi connectivity index (χ1n) is 5.60. The number of aromatic nitrogens is 1. The summed E-state index contributed by atoms with van der Waals surface area (Å²) in [5.41, 5.74) is 2.38. The standard InChI is InChI=1S/C13H15NO/c1-2-7-13-10(4-1)8-11(14-13)9-15-12-5-3-6-12/h1-2,4,7-8,12,14H,3,5-6,9H2. The molecular formula is C13H15NO. The Bertz CT molecular complexity index is 423. The van der Waals surface area contributed by atoms with Crippen LogP contribution in [0, 0.1) is 0 Å². The normalized spacial score (nSPS) is 16.8. The molecule has 1 saturated carbocycles. The summed E-state index contributed by atoms with van der Waals surface area (Å²) < 4.78 is 5.76. The molecule has 2 nitrogen and oxygen atoms in total. The van der Waals surface area contributed by atoms with Crippen molar-refractivity contribution < 1.29 is 4.74 Å². The van der Waals surface area contributed by atoms with Crippen molar-refractivity contribution in [3.05, 3.63) is 36.0 Å². The summed E-state index contributed by atoms with van der Waals surface area (Å²) in [4.78, 5) is 3.37. The minimum absolute atomic E-state index is 0.511. The van der Waals surface area contributed by atoms with E-state index in [0.717, 1.165) is 6.61 Å². The number of hydrogen-bond donors (Lipinski definition) is 1. The van der Waals surface area contributed by atoms with Crippen molar-refractivity contribution in [1.82, 2.24) is 4.98 Å². The number of hydrogen-bond acceptors (Lipinski definition) is 1. The van der Waals surface area contributed by atoms with Gasteiger partial charge in [-0.3, -0.25) is 0 Å². The first-order chi connectivity index (χ1) is 7.42. The third-order valence-corrected chi connectivity index (χ3v) is 3.11. The summed E-state index contributed by atoms with van der Waals surface area (Å²) in [6.07, 6.45) is 4.31. The molecule has 1 aliphatic carbocycles. The van der Waals surface area contributed by atoms with E-state index < -0.39 is 0 Å². The molecule has 1 N–H and O–H groups in total. The lowest BCUT2D eigenvalue weighted by Gasteiger charge is -2.25. The van der Waals surface area contributed by atoms with Gasteiger partial charge in [-0.15, -0.1) is 0 Å². The number of aromatic amines is 1. The SMILES string of the molecule is c1ccc2[nH]c(COC3CCC3)cc2c1. The molecule has 78 valence electrons. The van der Waals surface area contributed by atoms with Crippen molar-refractivity contribution >= 4 is 10.9 Å². The zero-order valence-corrected chi connectivity index (χ0v) is 8.70. The molecule has 1 aromatic carbocycles. The highest BCUT2D eigenvalue weighted by molar-refractivity contribution is 5.80. The van der Waals surface area contributed by atoms with Crippen molar-refractivity contribution in [1.29, 1.82) is 0 Å². The summed E-state index contributed by atoms with van der Waals surface area (Å²) in [6, 6.07) is 10.5. The van der Waals surface area contributed by atoms with Crippen LogP contribution in [0.4, 0.5) is 0 Å². The molecule has 0 amide bonds. The molecule has 0 aliphatic heterocycles. The summed E-state index contributed by atoms with van der Waals surface area (Å²) in [6.45, 7) is 0.722. The number of rotatable bonds is 3. The fraction of sp³-hybridized carbons (Fsp3) is 0.385. The number of ether oxygens (including phenoxy) is 1. The van der Waals surface area contributed by atoms with Gasteiger partial charge < -0.3 is 9.72 Å². The lowest BCUT2D eigenvalue weighted by molar-refractivity contribution is -0.00984. The van der Waals surface area contributed by atoms with E-state index in [1.165, 1.54) is 35.9 Å². The van der Waals surface area contributed by atoms with Crippen molar-refractivity contribution in [2.45, 2.75) is 32.0 Å². The summed E-state index contributed by atoms with van der Waals surface area (Å²) in [5, 5.41) is 1.27. The van der Waals surface area contributed by atoms with Crippen LogP contribution < -0.4 is 0 Å². The second kappa shape index (κ2) is 3.70. The van der Waals surface area contributed by atoms with E-state index in [-0.39, 0.29) is 0 Å². The molecule has 0 unspecified atom stereocenters. The number of para-hydroxylation sites is 1. The molecule has 0 spiro atoms. The van der Waals surface area contributed by atoms with Crippen LogP contribution in [0.3, 0.4) is 0 Å². The van der Waals surface area contributed by atoms with Crippen LogP contribution in [0.15, 0.2) is 30.3 Å². The lowest BCUT2D eigenvalue weighted by atomic mass is 9.96. The fourth-order valence-corrected chi connectivity index (χ4v) is 1.96. The molecule has 1 aromatic heterocycles. The Balaban J connectivity index is 1.73. The Morgan fingerprint density at radius 2 is 2.13 bits per heavy atom. The van der Waals surface area contributed by atoms with Gasteiger partial charge in [-0.05, 0) is 36.8 Å². The topological polar surface area (TPSA) is 25.0 Å². The summed E-state index contributed by atoms with van der Waals surface area (Å²) in [5.74, 6) is 0. The van der Waals surface area contributed by atoms with Crippen LogP contribution in [-0.4, -0.2) is 11.1 Å². The first-order valence-corrected chi connectivity index (χ1v) is 5.60. The smallest absolute Gasteiger partial charge is 0.0869 e. The Kier molecular flexibility index (Phi) is 2.22. The van der Waals surface area contributed by atoms with Gasteiger partial charge in [0, 0.05) is 11.2 Å². The minimum atomic E-state index is 0.511. The molecule has 2 heteroatoms. The van der Waals surface area contributed by atoms with E-state index in [9.17, 15) is 0 Å². The van der Waals surface area contributed by atoms with E-state index >= 15 is 0 Å². The Morgan fingerprint density at radius 1 is 1.27 bits per heavy atom. The number of fused-ring (bicyclic) bond motifs is 1. The van der Waals surface area contributed by atoms with Gasteiger partial charge in [0.2, 0.25) is 0 Å². The zero-order chi connectivity index (χ0) is 10.1. The molecule has 3 rings (SSSR count). The predicted molar refractivity (Wildman–Crippen MR) is 60.7 cm³/mol. The largest absolute Gasteiger partial charge is 0.372 e. The highest BCUT2D eigenvalue weighted by Crippen LogP contribution is 2.23. The van der Waals surface area contributed by atoms with E-state index in [2.05, 4.69) is 35.3 Å². The van der Waals surface area contributed by atoms with E-state index in [4.69, 9.17) is 4.74 Å². The molecule has 15 heavy (non-hydrogen) atoms. The molecule has 0 atom stereocenters. The third kappa shape index (κ3) is 1.77. The monoisotopic (exact) mass is 201 g/mol. The average Bonchev–Trinajstić information content (AvgIpc) is 2.57. The molecule has 1 fully saturated rings. The number of H-pyrrole nitrogens is 1. The Hall–Kier alpha value is -1.28. The maximum absolute atomic E-state index is 5.76. The van der Waals surface area contributed by atoms with Gasteiger partial charge >= 0.3 is 0 Å². The van der Waals surface area contributed by atoms with E-state index in [1.807, 2.05) is 0 Å². The van der Waals surface area contributed by atoms with Crippen LogP contribution in [-0.2, 0) is 11.3 Å². The molecule has 0 bridgehead atoms. The molecule has 1 aliphatic rings. The minimum Gasteiger partial charge on any atom is -0.372 e. The van der Waals surface area contributed by atoms with Crippen molar-refractivity contribution in [2.75, 3.05) is 0 Å². The molecular weight excluding hydrogens is 186 g/mol. The second-order valence-electron chi connectivity index (χ2n) is 4.25. The summed E-state index contributed by atoms with van der Waals surface area (Å²) in [7, 11) is 0. The molecule has 0 saturated heterocycles. The van der Waals surface area contributed by atoms with Crippen molar-refractivity contribution in [3.63, 3.8) is 0 Å². The van der Waals surface area contributed by atoms with Crippen LogP contribution in [0.5, 0.6) is 0 Å². The summed E-state index contributed by atoms with van der Waals surface area (Å²) >= 11 is 0. The number of nitrogens with one attached hydrogen (secondary N) is 1. The van der Waals surface area contributed by atoms with Gasteiger partial charge in [0.15, 0.2) is 0 Å². The third-order valence-electron chi connectivity index (χ3n) is 3.11. The predicted octanol–water partition coefficient (Wildman–Crippen LogP) is 3.24. The quantitative estimate of drug-likeness (QED) is 0.810. The average molecular weight is 201 g/mol. The van der Waals surface area contributed by atoms with Gasteiger partial charge in [0.25, 0.3) is 0 Å². The Labute approximate surface area is 89.3 Å². The lowest BCUT2D eigenvalue weighted by Crippen LogP contribution is -2.21. The van der Waals surface area contributed by atoms with Gasteiger partial charge in [0.05, 0.1) is 12.7 Å². The van der Waals surface area contributed by atoms with E-state index in [1.54, 1.807) is 0 Å². The Morgan fingerprint density at radius 3 is 2.87 bits per heavy atom.